The van der Waals surface area contributed by atoms with Gasteiger partial charge in [-0.25, -0.2) is 0 Å². The molecule has 21 heavy (non-hydrogen) atoms. The number of halogens is 3. The van der Waals surface area contributed by atoms with Crippen molar-refractivity contribution in [1.29, 1.82) is 0 Å². The van der Waals surface area contributed by atoms with E-state index in [2.05, 4.69) is 11.8 Å². The van der Waals surface area contributed by atoms with Crippen molar-refractivity contribution in [2.75, 3.05) is 37.6 Å². The van der Waals surface area contributed by atoms with E-state index in [1.54, 1.807) is 6.07 Å². The van der Waals surface area contributed by atoms with Crippen LogP contribution in [0.3, 0.4) is 0 Å². The van der Waals surface area contributed by atoms with Crippen molar-refractivity contribution in [3.8, 4) is 0 Å². The van der Waals surface area contributed by atoms with Crippen molar-refractivity contribution >= 4 is 5.69 Å². The molecule has 0 spiro atoms. The van der Waals surface area contributed by atoms with E-state index in [0.717, 1.165) is 39.1 Å². The molecule has 0 bridgehead atoms. The molecule has 0 atom stereocenters. The number of rotatable bonds is 4. The highest BCUT2D eigenvalue weighted by Gasteiger charge is 2.33. The molecule has 1 aliphatic heterocycles. The van der Waals surface area contributed by atoms with Gasteiger partial charge < -0.3 is 10.6 Å². The molecule has 2 N–H and O–H groups in total. The van der Waals surface area contributed by atoms with Gasteiger partial charge in [-0.2, -0.15) is 13.2 Å². The van der Waals surface area contributed by atoms with Gasteiger partial charge in [0.1, 0.15) is 0 Å². The molecule has 0 saturated carbocycles. The Morgan fingerprint density at radius 3 is 2.33 bits per heavy atom. The monoisotopic (exact) mass is 301 g/mol. The van der Waals surface area contributed by atoms with E-state index < -0.39 is 11.7 Å². The standard InChI is InChI=1S/C15H22F3N3/c1-2-5-20-6-8-21(9-7-20)13-4-3-12(11-19)14(10-13)15(16,17)18/h3-4,10H,2,5-9,11,19H2,1H3. The van der Waals surface area contributed by atoms with Crippen molar-refractivity contribution in [1.82, 2.24) is 4.90 Å². The number of benzene rings is 1. The molecule has 6 heteroatoms. The van der Waals surface area contributed by atoms with Crippen LogP contribution in [-0.2, 0) is 12.7 Å². The van der Waals surface area contributed by atoms with Crippen LogP contribution in [0, 0.1) is 0 Å². The Labute approximate surface area is 123 Å². The van der Waals surface area contributed by atoms with Crippen LogP contribution in [0.2, 0.25) is 0 Å². The Morgan fingerprint density at radius 2 is 1.81 bits per heavy atom. The maximum absolute atomic E-state index is 13.1. The molecule has 0 aliphatic carbocycles. The van der Waals surface area contributed by atoms with Crippen LogP contribution in [0.1, 0.15) is 24.5 Å². The van der Waals surface area contributed by atoms with E-state index in [0.29, 0.717) is 5.69 Å². The van der Waals surface area contributed by atoms with Crippen molar-refractivity contribution in [2.24, 2.45) is 5.73 Å². The van der Waals surface area contributed by atoms with E-state index in [-0.39, 0.29) is 12.1 Å². The van der Waals surface area contributed by atoms with Gasteiger partial charge in [0, 0.05) is 38.4 Å². The first kappa shape index (κ1) is 16.1. The fourth-order valence-corrected chi connectivity index (χ4v) is 2.75. The van der Waals surface area contributed by atoms with Crippen LogP contribution in [0.15, 0.2) is 18.2 Å². The second kappa shape index (κ2) is 6.66. The first-order valence-corrected chi connectivity index (χ1v) is 7.33. The molecule has 0 amide bonds. The molecular weight excluding hydrogens is 279 g/mol. The van der Waals surface area contributed by atoms with E-state index in [4.69, 9.17) is 5.73 Å². The number of nitrogens with zero attached hydrogens (tertiary/aromatic N) is 2. The molecule has 1 aliphatic rings. The summed E-state index contributed by atoms with van der Waals surface area (Å²) in [5, 5.41) is 0. The Morgan fingerprint density at radius 1 is 1.14 bits per heavy atom. The Kier molecular flexibility index (Phi) is 5.11. The van der Waals surface area contributed by atoms with Crippen LogP contribution in [0.4, 0.5) is 18.9 Å². The first-order valence-electron chi connectivity index (χ1n) is 7.33. The minimum absolute atomic E-state index is 0.0978. The van der Waals surface area contributed by atoms with Crippen LogP contribution >= 0.6 is 0 Å². The van der Waals surface area contributed by atoms with Crippen molar-refractivity contribution in [3.05, 3.63) is 29.3 Å². The summed E-state index contributed by atoms with van der Waals surface area (Å²) in [6.07, 6.45) is -3.25. The quantitative estimate of drug-likeness (QED) is 0.928. The third kappa shape index (κ3) is 3.89. The van der Waals surface area contributed by atoms with Crippen LogP contribution in [0.5, 0.6) is 0 Å². The van der Waals surface area contributed by atoms with Crippen molar-refractivity contribution in [2.45, 2.75) is 26.1 Å². The van der Waals surface area contributed by atoms with Gasteiger partial charge in [-0.15, -0.1) is 0 Å². The van der Waals surface area contributed by atoms with Gasteiger partial charge in [0.25, 0.3) is 0 Å². The molecule has 0 aromatic heterocycles. The third-order valence-corrected chi connectivity index (χ3v) is 3.90. The normalized spacial score (nSPS) is 17.3. The van der Waals surface area contributed by atoms with Crippen LogP contribution < -0.4 is 10.6 Å². The number of anilines is 1. The maximum atomic E-state index is 13.1. The van der Waals surface area contributed by atoms with Crippen molar-refractivity contribution < 1.29 is 13.2 Å². The van der Waals surface area contributed by atoms with Gasteiger partial charge in [0.2, 0.25) is 0 Å². The molecule has 1 fully saturated rings. The Balaban J connectivity index is 2.15. The zero-order chi connectivity index (χ0) is 15.5. The highest BCUT2D eigenvalue weighted by molar-refractivity contribution is 5.52. The molecule has 3 nitrogen and oxygen atoms in total. The zero-order valence-electron chi connectivity index (χ0n) is 12.3. The van der Waals surface area contributed by atoms with E-state index in [1.807, 2.05) is 4.90 Å². The lowest BCUT2D eigenvalue weighted by atomic mass is 10.1. The summed E-state index contributed by atoms with van der Waals surface area (Å²) in [6.45, 7) is 6.40. The second-order valence-corrected chi connectivity index (χ2v) is 5.37. The summed E-state index contributed by atoms with van der Waals surface area (Å²) in [4.78, 5) is 4.36. The second-order valence-electron chi connectivity index (χ2n) is 5.37. The zero-order valence-corrected chi connectivity index (χ0v) is 12.3. The van der Waals surface area contributed by atoms with Gasteiger partial charge in [-0.05, 0) is 30.7 Å². The predicted octanol–water partition coefficient (Wildman–Crippen LogP) is 2.70. The smallest absolute Gasteiger partial charge is 0.369 e. The van der Waals surface area contributed by atoms with Crippen molar-refractivity contribution in [3.63, 3.8) is 0 Å². The average Bonchev–Trinajstić information content (AvgIpc) is 2.47. The summed E-state index contributed by atoms with van der Waals surface area (Å²) in [6, 6.07) is 4.47. The Hall–Kier alpha value is -1.27. The number of hydrogen-bond acceptors (Lipinski definition) is 3. The summed E-state index contributed by atoms with van der Waals surface area (Å²) in [7, 11) is 0. The number of hydrogen-bond donors (Lipinski definition) is 1. The molecule has 1 aromatic rings. The summed E-state index contributed by atoms with van der Waals surface area (Å²) < 4.78 is 39.2. The molecule has 0 unspecified atom stereocenters. The fourth-order valence-electron chi connectivity index (χ4n) is 2.75. The minimum atomic E-state index is -4.35. The highest BCUT2D eigenvalue weighted by atomic mass is 19.4. The molecule has 1 heterocycles. The van der Waals surface area contributed by atoms with Gasteiger partial charge in [-0.3, -0.25) is 4.90 Å². The first-order chi connectivity index (χ1) is 9.95. The lowest BCUT2D eigenvalue weighted by molar-refractivity contribution is -0.138. The van der Waals surface area contributed by atoms with Gasteiger partial charge in [0.15, 0.2) is 0 Å². The van der Waals surface area contributed by atoms with Gasteiger partial charge >= 0.3 is 6.18 Å². The molecule has 1 aromatic carbocycles. The summed E-state index contributed by atoms with van der Waals surface area (Å²) in [5.74, 6) is 0. The largest absolute Gasteiger partial charge is 0.416 e. The topological polar surface area (TPSA) is 32.5 Å². The maximum Gasteiger partial charge on any atom is 0.416 e. The molecule has 118 valence electrons. The van der Waals surface area contributed by atoms with E-state index >= 15 is 0 Å². The Bertz CT molecular complexity index is 466. The average molecular weight is 301 g/mol. The third-order valence-electron chi connectivity index (χ3n) is 3.90. The predicted molar refractivity (Wildman–Crippen MR) is 78.3 cm³/mol. The molecule has 2 rings (SSSR count). The SMILES string of the molecule is CCCN1CCN(c2ccc(CN)c(C(F)(F)F)c2)CC1. The molecular formula is C15H22F3N3. The van der Waals surface area contributed by atoms with Crippen LogP contribution in [0.25, 0.3) is 0 Å². The van der Waals surface area contributed by atoms with Gasteiger partial charge in [-0.1, -0.05) is 13.0 Å². The summed E-state index contributed by atoms with van der Waals surface area (Å²) in [5.41, 5.74) is 5.58. The van der Waals surface area contributed by atoms with Gasteiger partial charge in [0.05, 0.1) is 5.56 Å². The van der Waals surface area contributed by atoms with E-state index in [9.17, 15) is 13.2 Å². The number of alkyl halides is 3. The number of nitrogens with two attached hydrogens (primary N) is 1. The molecule has 0 radical (unpaired) electrons. The number of piperazine rings is 1. The lowest BCUT2D eigenvalue weighted by Crippen LogP contribution is -2.46. The van der Waals surface area contributed by atoms with E-state index in [1.165, 1.54) is 12.1 Å². The fraction of sp³-hybridized carbons (Fsp3) is 0.600. The minimum Gasteiger partial charge on any atom is -0.369 e. The lowest BCUT2D eigenvalue weighted by Gasteiger charge is -2.36. The van der Waals surface area contributed by atoms with Crippen LogP contribution in [-0.4, -0.2) is 37.6 Å². The molecule has 1 saturated heterocycles. The summed E-state index contributed by atoms with van der Waals surface area (Å²) >= 11 is 0. The highest BCUT2D eigenvalue weighted by Crippen LogP contribution is 2.34.